The molecular weight excluding hydrogens is 318 g/mol. The molecular formula is C15H15N3O2S2. The van der Waals surface area contributed by atoms with Crippen molar-refractivity contribution in [1.29, 1.82) is 5.26 Å². The molecule has 22 heavy (non-hydrogen) atoms. The molecule has 1 fully saturated rings. The van der Waals surface area contributed by atoms with E-state index in [1.807, 2.05) is 12.1 Å². The molecule has 0 spiro atoms. The Morgan fingerprint density at radius 3 is 2.27 bits per heavy atom. The molecule has 0 N–H and O–H groups in total. The van der Waals surface area contributed by atoms with Crippen LogP contribution in [0.4, 0.5) is 5.69 Å². The molecule has 5 nitrogen and oxygen atoms in total. The zero-order valence-electron chi connectivity index (χ0n) is 11.8. The second kappa shape index (κ2) is 6.08. The molecule has 0 bridgehead atoms. The minimum atomic E-state index is -3.35. The number of benzene rings is 1. The zero-order valence-corrected chi connectivity index (χ0v) is 13.5. The van der Waals surface area contributed by atoms with Crippen LogP contribution in [0.3, 0.4) is 0 Å². The first-order valence-corrected chi connectivity index (χ1v) is 9.22. The van der Waals surface area contributed by atoms with Crippen LogP contribution in [-0.2, 0) is 10.0 Å². The standard InChI is InChI=1S/C15H15N3O2S2/c16-12-13-3-5-14(6-4-13)17-7-9-18(10-8-17)22(19,20)15-2-1-11-21-15/h1-6,11H,7-10H2. The van der Waals surface area contributed by atoms with E-state index in [1.54, 1.807) is 34.0 Å². The van der Waals surface area contributed by atoms with Crippen LogP contribution in [0, 0.1) is 11.3 Å². The molecule has 3 rings (SSSR count). The Morgan fingerprint density at radius 1 is 1.05 bits per heavy atom. The Hall–Kier alpha value is -1.88. The van der Waals surface area contributed by atoms with E-state index in [1.165, 1.54) is 11.3 Å². The normalized spacial score (nSPS) is 16.4. The van der Waals surface area contributed by atoms with Crippen molar-refractivity contribution >= 4 is 27.0 Å². The summed E-state index contributed by atoms with van der Waals surface area (Å²) in [6.45, 7) is 2.24. The maximum atomic E-state index is 12.5. The number of hydrogen-bond acceptors (Lipinski definition) is 5. The highest BCUT2D eigenvalue weighted by Gasteiger charge is 2.29. The van der Waals surface area contributed by atoms with Gasteiger partial charge in [0, 0.05) is 31.9 Å². The van der Waals surface area contributed by atoms with Gasteiger partial charge in [0.25, 0.3) is 10.0 Å². The van der Waals surface area contributed by atoms with Gasteiger partial charge in [-0.25, -0.2) is 8.42 Å². The Bertz CT molecular complexity index is 769. The first-order chi connectivity index (χ1) is 10.6. The summed E-state index contributed by atoms with van der Waals surface area (Å²) in [4.78, 5) is 2.14. The quantitative estimate of drug-likeness (QED) is 0.863. The van der Waals surface area contributed by atoms with Gasteiger partial charge in [0.1, 0.15) is 4.21 Å². The van der Waals surface area contributed by atoms with Crippen LogP contribution in [0.25, 0.3) is 0 Å². The summed E-state index contributed by atoms with van der Waals surface area (Å²) < 4.78 is 26.9. The number of piperazine rings is 1. The van der Waals surface area contributed by atoms with Crippen molar-refractivity contribution in [2.24, 2.45) is 0 Å². The maximum absolute atomic E-state index is 12.5. The fourth-order valence-corrected chi connectivity index (χ4v) is 5.04. The van der Waals surface area contributed by atoms with E-state index in [-0.39, 0.29) is 0 Å². The van der Waals surface area contributed by atoms with E-state index >= 15 is 0 Å². The van der Waals surface area contributed by atoms with Crippen molar-refractivity contribution < 1.29 is 8.42 Å². The van der Waals surface area contributed by atoms with Gasteiger partial charge in [0.2, 0.25) is 0 Å². The third-order valence-electron chi connectivity index (χ3n) is 3.69. The lowest BCUT2D eigenvalue weighted by Crippen LogP contribution is -2.48. The summed E-state index contributed by atoms with van der Waals surface area (Å²) >= 11 is 1.25. The summed E-state index contributed by atoms with van der Waals surface area (Å²) in [7, 11) is -3.35. The van der Waals surface area contributed by atoms with Crippen LogP contribution in [0.2, 0.25) is 0 Å². The summed E-state index contributed by atoms with van der Waals surface area (Å²) in [5.74, 6) is 0. The van der Waals surface area contributed by atoms with Gasteiger partial charge in [0.05, 0.1) is 11.6 Å². The third kappa shape index (κ3) is 2.86. The van der Waals surface area contributed by atoms with Crippen molar-refractivity contribution in [1.82, 2.24) is 4.31 Å². The van der Waals surface area contributed by atoms with Crippen molar-refractivity contribution in [3.63, 3.8) is 0 Å². The molecule has 2 heterocycles. The van der Waals surface area contributed by atoms with E-state index in [4.69, 9.17) is 5.26 Å². The smallest absolute Gasteiger partial charge is 0.252 e. The number of hydrogen-bond donors (Lipinski definition) is 0. The number of anilines is 1. The Kier molecular flexibility index (Phi) is 4.16. The van der Waals surface area contributed by atoms with Crippen LogP contribution in [0.1, 0.15) is 5.56 Å². The second-order valence-corrected chi connectivity index (χ2v) is 8.09. The maximum Gasteiger partial charge on any atom is 0.252 e. The van der Waals surface area contributed by atoms with E-state index in [0.29, 0.717) is 36.0 Å². The lowest BCUT2D eigenvalue weighted by Gasteiger charge is -2.35. The molecule has 0 radical (unpaired) electrons. The average Bonchev–Trinajstić information content (AvgIpc) is 3.10. The van der Waals surface area contributed by atoms with Crippen molar-refractivity contribution in [2.45, 2.75) is 4.21 Å². The van der Waals surface area contributed by atoms with Crippen LogP contribution >= 0.6 is 11.3 Å². The minimum Gasteiger partial charge on any atom is -0.369 e. The van der Waals surface area contributed by atoms with Crippen molar-refractivity contribution in [3.8, 4) is 6.07 Å². The lowest BCUT2D eigenvalue weighted by molar-refractivity contribution is 0.386. The van der Waals surface area contributed by atoms with Gasteiger partial charge in [-0.15, -0.1) is 11.3 Å². The van der Waals surface area contributed by atoms with Gasteiger partial charge in [0.15, 0.2) is 0 Å². The fourth-order valence-electron chi connectivity index (χ4n) is 2.47. The molecule has 0 unspecified atom stereocenters. The fraction of sp³-hybridized carbons (Fsp3) is 0.267. The Balaban J connectivity index is 1.69. The molecule has 1 aliphatic rings. The second-order valence-electron chi connectivity index (χ2n) is 4.98. The van der Waals surface area contributed by atoms with Gasteiger partial charge >= 0.3 is 0 Å². The van der Waals surface area contributed by atoms with E-state index in [2.05, 4.69) is 11.0 Å². The Morgan fingerprint density at radius 2 is 1.73 bits per heavy atom. The van der Waals surface area contributed by atoms with Crippen LogP contribution in [0.5, 0.6) is 0 Å². The third-order valence-corrected chi connectivity index (χ3v) is 6.96. The molecule has 1 aliphatic heterocycles. The molecule has 0 aliphatic carbocycles. The van der Waals surface area contributed by atoms with Gasteiger partial charge in [-0.3, -0.25) is 0 Å². The SMILES string of the molecule is N#Cc1ccc(N2CCN(S(=O)(=O)c3cccs3)CC2)cc1. The zero-order chi connectivity index (χ0) is 15.6. The predicted octanol–water partition coefficient (Wildman–Crippen LogP) is 2.13. The van der Waals surface area contributed by atoms with Gasteiger partial charge < -0.3 is 4.90 Å². The molecule has 0 saturated carbocycles. The number of thiophene rings is 1. The topological polar surface area (TPSA) is 64.4 Å². The van der Waals surface area contributed by atoms with Crippen LogP contribution < -0.4 is 4.90 Å². The van der Waals surface area contributed by atoms with E-state index in [9.17, 15) is 8.42 Å². The van der Waals surface area contributed by atoms with Crippen molar-refractivity contribution in [2.75, 3.05) is 31.1 Å². The number of rotatable bonds is 3. The molecule has 0 amide bonds. The highest BCUT2D eigenvalue weighted by Crippen LogP contribution is 2.24. The summed E-state index contributed by atoms with van der Waals surface area (Å²) in [5, 5.41) is 10.6. The summed E-state index contributed by atoms with van der Waals surface area (Å²) in [6.07, 6.45) is 0. The lowest BCUT2D eigenvalue weighted by atomic mass is 10.2. The van der Waals surface area contributed by atoms with Gasteiger partial charge in [-0.05, 0) is 35.7 Å². The molecule has 0 atom stereocenters. The van der Waals surface area contributed by atoms with Crippen molar-refractivity contribution in [3.05, 3.63) is 47.3 Å². The van der Waals surface area contributed by atoms with Crippen LogP contribution in [-0.4, -0.2) is 38.9 Å². The first-order valence-electron chi connectivity index (χ1n) is 6.90. The first kappa shape index (κ1) is 15.0. The predicted molar refractivity (Wildman–Crippen MR) is 86.4 cm³/mol. The number of nitrogens with zero attached hydrogens (tertiary/aromatic N) is 3. The molecule has 7 heteroatoms. The van der Waals surface area contributed by atoms with Crippen LogP contribution in [0.15, 0.2) is 46.0 Å². The van der Waals surface area contributed by atoms with Gasteiger partial charge in [-0.1, -0.05) is 6.07 Å². The molecule has 1 saturated heterocycles. The Labute approximate surface area is 134 Å². The number of sulfonamides is 1. The monoisotopic (exact) mass is 333 g/mol. The molecule has 1 aromatic heterocycles. The summed E-state index contributed by atoms with van der Waals surface area (Å²) in [6, 6.07) is 12.9. The molecule has 114 valence electrons. The molecule has 2 aromatic rings. The minimum absolute atomic E-state index is 0.402. The largest absolute Gasteiger partial charge is 0.369 e. The molecule has 1 aromatic carbocycles. The number of nitriles is 1. The highest BCUT2D eigenvalue weighted by atomic mass is 32.2. The highest BCUT2D eigenvalue weighted by molar-refractivity contribution is 7.91. The van der Waals surface area contributed by atoms with Gasteiger partial charge in [-0.2, -0.15) is 9.57 Å². The average molecular weight is 333 g/mol. The van der Waals surface area contributed by atoms with E-state index < -0.39 is 10.0 Å². The van der Waals surface area contributed by atoms with E-state index in [0.717, 1.165) is 5.69 Å². The summed E-state index contributed by atoms with van der Waals surface area (Å²) in [5.41, 5.74) is 1.65.